The van der Waals surface area contributed by atoms with Gasteiger partial charge in [-0.3, -0.25) is 0 Å². The Balaban J connectivity index is 3.24. The summed E-state index contributed by atoms with van der Waals surface area (Å²) in [5.41, 5.74) is -0.766. The van der Waals surface area contributed by atoms with Crippen molar-refractivity contribution < 1.29 is 4.21 Å². The van der Waals surface area contributed by atoms with E-state index in [9.17, 15) is 4.21 Å². The highest BCUT2D eigenvalue weighted by Crippen LogP contribution is 2.64. The molecule has 0 aliphatic heterocycles. The molecule has 1 aliphatic carbocycles. The average molecular weight is 227 g/mol. The van der Waals surface area contributed by atoms with E-state index in [-0.39, 0.29) is 10.8 Å². The van der Waals surface area contributed by atoms with Crippen LogP contribution in [0.3, 0.4) is 0 Å². The lowest BCUT2D eigenvalue weighted by molar-refractivity contribution is 0.214. The summed E-state index contributed by atoms with van der Waals surface area (Å²) in [7, 11) is 0. The summed E-state index contributed by atoms with van der Waals surface area (Å²) in [6, 6.07) is 0. The molecule has 4 heteroatoms. The van der Waals surface area contributed by atoms with Crippen LogP contribution in [0.5, 0.6) is 0 Å². The second-order valence-corrected chi connectivity index (χ2v) is 6.14. The molecule has 0 atom stereocenters. The van der Waals surface area contributed by atoms with Crippen LogP contribution in [-0.2, 0) is 11.3 Å². The topological polar surface area (TPSA) is 17.1 Å². The van der Waals surface area contributed by atoms with Crippen molar-refractivity contribution in [1.82, 2.24) is 0 Å². The minimum atomic E-state index is -0.827. The summed E-state index contributed by atoms with van der Waals surface area (Å²) in [4.78, 5) is 0.833. The maximum Gasteiger partial charge on any atom is 0.137 e. The van der Waals surface area contributed by atoms with Gasteiger partial charge in [0.15, 0.2) is 0 Å². The van der Waals surface area contributed by atoms with Crippen molar-refractivity contribution in [2.45, 2.75) is 32.0 Å². The van der Waals surface area contributed by atoms with Gasteiger partial charge < -0.3 is 0 Å². The minimum Gasteiger partial charge on any atom is -0.212 e. The summed E-state index contributed by atoms with van der Waals surface area (Å²) in [5.74, 6) is 0. The largest absolute Gasteiger partial charge is 0.212 e. The predicted octanol–water partition coefficient (Wildman–Crippen LogP) is 2.61. The Morgan fingerprint density at radius 3 is 1.58 bits per heavy atom. The fourth-order valence-corrected chi connectivity index (χ4v) is 3.32. The lowest BCUT2D eigenvalue weighted by Crippen LogP contribution is -2.68. The molecule has 0 heterocycles. The van der Waals surface area contributed by atoms with Crippen molar-refractivity contribution in [2.75, 3.05) is 0 Å². The SMILES string of the molecule is CC1(C)C(=S=O)C(C)(C)C1(Cl)Cl. The Kier molecular flexibility index (Phi) is 2.19. The molecule has 12 heavy (non-hydrogen) atoms. The molecule has 0 saturated heterocycles. The van der Waals surface area contributed by atoms with E-state index in [1.165, 1.54) is 0 Å². The molecular weight excluding hydrogens is 215 g/mol. The van der Waals surface area contributed by atoms with E-state index in [1.54, 1.807) is 0 Å². The first-order valence-corrected chi connectivity index (χ1v) is 5.25. The maximum absolute atomic E-state index is 10.8. The van der Waals surface area contributed by atoms with Crippen LogP contribution in [0, 0.1) is 10.8 Å². The maximum atomic E-state index is 10.8. The van der Waals surface area contributed by atoms with Gasteiger partial charge in [-0.05, 0) is 0 Å². The third kappa shape index (κ3) is 0.891. The Labute approximate surface area is 86.5 Å². The summed E-state index contributed by atoms with van der Waals surface area (Å²) in [6.45, 7) is 7.61. The Morgan fingerprint density at radius 1 is 1.08 bits per heavy atom. The first-order chi connectivity index (χ1) is 5.19. The first kappa shape index (κ1) is 10.6. The van der Waals surface area contributed by atoms with Crippen LogP contribution >= 0.6 is 23.2 Å². The van der Waals surface area contributed by atoms with Gasteiger partial charge in [-0.2, -0.15) is 0 Å². The van der Waals surface area contributed by atoms with Gasteiger partial charge in [0.2, 0.25) is 0 Å². The van der Waals surface area contributed by atoms with Gasteiger partial charge >= 0.3 is 0 Å². The molecule has 0 spiro atoms. The van der Waals surface area contributed by atoms with E-state index in [2.05, 4.69) is 0 Å². The molecule has 0 amide bonds. The van der Waals surface area contributed by atoms with Crippen LogP contribution in [0.4, 0.5) is 0 Å². The van der Waals surface area contributed by atoms with Crippen LogP contribution in [0.15, 0.2) is 0 Å². The van der Waals surface area contributed by atoms with Gasteiger partial charge in [-0.1, -0.05) is 50.9 Å². The molecule has 1 rings (SSSR count). The van der Waals surface area contributed by atoms with Gasteiger partial charge in [0.25, 0.3) is 0 Å². The molecule has 0 aromatic heterocycles. The quantitative estimate of drug-likeness (QED) is 0.459. The third-order valence-electron chi connectivity index (χ3n) is 2.79. The third-order valence-corrected chi connectivity index (χ3v) is 5.87. The first-order valence-electron chi connectivity index (χ1n) is 3.75. The van der Waals surface area contributed by atoms with Crippen molar-refractivity contribution >= 4 is 39.3 Å². The molecule has 70 valence electrons. The molecule has 1 fully saturated rings. The van der Waals surface area contributed by atoms with E-state index in [1.807, 2.05) is 27.7 Å². The number of halogens is 2. The van der Waals surface area contributed by atoms with E-state index >= 15 is 0 Å². The fourth-order valence-electron chi connectivity index (χ4n) is 1.99. The zero-order chi connectivity index (χ0) is 9.78. The number of hydrogen-bond donors (Lipinski definition) is 0. The monoisotopic (exact) mass is 226 g/mol. The normalized spacial score (nSPS) is 29.3. The lowest BCUT2D eigenvalue weighted by atomic mass is 9.55. The summed E-state index contributed by atoms with van der Waals surface area (Å²) >= 11 is 12.8. The molecular formula is C8H12Cl2OS. The van der Waals surface area contributed by atoms with E-state index in [0.717, 1.165) is 4.86 Å². The Morgan fingerprint density at radius 2 is 1.42 bits per heavy atom. The molecule has 1 saturated carbocycles. The molecule has 1 aliphatic rings. The number of hydrogen-bond acceptors (Lipinski definition) is 1. The van der Waals surface area contributed by atoms with Crippen LogP contribution in [-0.4, -0.2) is 13.4 Å². The van der Waals surface area contributed by atoms with Crippen LogP contribution < -0.4 is 0 Å². The molecule has 0 aromatic rings. The number of alkyl halides is 2. The molecule has 0 N–H and O–H groups in total. The van der Waals surface area contributed by atoms with Crippen LogP contribution in [0.2, 0.25) is 0 Å². The Hall–Kier alpha value is 0.470. The van der Waals surface area contributed by atoms with Gasteiger partial charge in [0.05, 0.1) is 11.3 Å². The predicted molar refractivity (Wildman–Crippen MR) is 55.1 cm³/mol. The van der Waals surface area contributed by atoms with Crippen molar-refractivity contribution in [3.8, 4) is 0 Å². The smallest absolute Gasteiger partial charge is 0.137 e. The standard InChI is InChI=1S/C8H12Cl2OS/c1-6(2)5(12-11)7(3,4)8(6,9)10/h1-4H3. The number of rotatable bonds is 0. The van der Waals surface area contributed by atoms with Crippen LogP contribution in [0.25, 0.3) is 0 Å². The highest BCUT2D eigenvalue weighted by molar-refractivity contribution is 7.67. The van der Waals surface area contributed by atoms with Gasteiger partial charge in [-0.15, -0.1) is 0 Å². The summed E-state index contributed by atoms with van der Waals surface area (Å²) in [5, 5.41) is 0. The second-order valence-electron chi connectivity index (χ2n) is 4.24. The van der Waals surface area contributed by atoms with Crippen molar-refractivity contribution in [3.63, 3.8) is 0 Å². The van der Waals surface area contributed by atoms with E-state index in [4.69, 9.17) is 23.2 Å². The molecule has 1 nitrogen and oxygen atoms in total. The van der Waals surface area contributed by atoms with Gasteiger partial charge in [0.1, 0.15) is 4.33 Å². The zero-order valence-corrected chi connectivity index (χ0v) is 9.90. The minimum absolute atomic E-state index is 0.383. The molecule has 0 radical (unpaired) electrons. The molecule has 0 bridgehead atoms. The van der Waals surface area contributed by atoms with Crippen molar-refractivity contribution in [1.29, 1.82) is 0 Å². The summed E-state index contributed by atoms with van der Waals surface area (Å²) in [6.07, 6.45) is 0. The zero-order valence-electron chi connectivity index (χ0n) is 7.57. The summed E-state index contributed by atoms with van der Waals surface area (Å²) < 4.78 is 9.97. The second kappa shape index (κ2) is 2.49. The Bertz CT molecular complexity index is 255. The highest BCUT2D eigenvalue weighted by Gasteiger charge is 2.69. The highest BCUT2D eigenvalue weighted by atomic mass is 35.5. The van der Waals surface area contributed by atoms with Crippen molar-refractivity contribution in [2.24, 2.45) is 10.8 Å². The average Bonchev–Trinajstić information content (AvgIpc) is 1.86. The van der Waals surface area contributed by atoms with Crippen LogP contribution in [0.1, 0.15) is 27.7 Å². The van der Waals surface area contributed by atoms with Crippen molar-refractivity contribution in [3.05, 3.63) is 0 Å². The van der Waals surface area contributed by atoms with Gasteiger partial charge in [0, 0.05) is 15.7 Å². The van der Waals surface area contributed by atoms with E-state index in [0.29, 0.717) is 11.3 Å². The molecule has 0 unspecified atom stereocenters. The van der Waals surface area contributed by atoms with Gasteiger partial charge in [-0.25, -0.2) is 4.21 Å². The lowest BCUT2D eigenvalue weighted by Gasteiger charge is -2.60. The van der Waals surface area contributed by atoms with E-state index < -0.39 is 4.33 Å². The fraction of sp³-hybridized carbons (Fsp3) is 0.875. The molecule has 0 aromatic carbocycles.